The molecule has 0 saturated carbocycles. The summed E-state index contributed by atoms with van der Waals surface area (Å²) in [7, 11) is 1.55. The number of ketones is 1. The van der Waals surface area contributed by atoms with Crippen LogP contribution in [0.3, 0.4) is 0 Å². The number of hydrogen-bond acceptors (Lipinski definition) is 4. The number of rotatable bonds is 4. The zero-order chi connectivity index (χ0) is 11.4. The first kappa shape index (κ1) is 10.4. The minimum Gasteiger partial charge on any atom is -0.481 e. The van der Waals surface area contributed by atoms with Crippen molar-refractivity contribution in [1.82, 2.24) is 4.98 Å². The summed E-state index contributed by atoms with van der Waals surface area (Å²) in [6.45, 7) is 0. The van der Waals surface area contributed by atoms with Crippen molar-refractivity contribution in [3.8, 4) is 5.88 Å². The molecule has 2 heterocycles. The maximum atomic E-state index is 11.7. The first-order valence-electron chi connectivity index (χ1n) is 4.84. The van der Waals surface area contributed by atoms with E-state index in [0.29, 0.717) is 17.9 Å². The highest BCUT2D eigenvalue weighted by Crippen LogP contribution is 2.10. The van der Waals surface area contributed by atoms with E-state index in [1.54, 1.807) is 25.4 Å². The smallest absolute Gasteiger partial charge is 0.212 e. The van der Waals surface area contributed by atoms with Gasteiger partial charge in [-0.3, -0.25) is 4.79 Å². The minimum absolute atomic E-state index is 0.0146. The number of hydrogen-bond donors (Lipinski definition) is 0. The summed E-state index contributed by atoms with van der Waals surface area (Å²) < 4.78 is 9.79. The van der Waals surface area contributed by atoms with Gasteiger partial charge < -0.3 is 9.15 Å². The highest BCUT2D eigenvalue weighted by Gasteiger charge is 2.08. The van der Waals surface area contributed by atoms with Gasteiger partial charge in [-0.1, -0.05) is 6.07 Å². The molecule has 82 valence electrons. The number of Topliss-reactive ketones (excluding diaryl/α,β-unsaturated/α-hetero) is 1. The molecule has 2 aromatic heterocycles. The van der Waals surface area contributed by atoms with Gasteiger partial charge >= 0.3 is 0 Å². The Bertz CT molecular complexity index is 460. The lowest BCUT2D eigenvalue weighted by Crippen LogP contribution is -2.02. The Labute approximate surface area is 92.9 Å². The van der Waals surface area contributed by atoms with E-state index in [-0.39, 0.29) is 5.78 Å². The molecule has 0 aliphatic heterocycles. The second kappa shape index (κ2) is 4.61. The number of methoxy groups -OCH3 is 1. The molecule has 2 aromatic rings. The fraction of sp³-hybridized carbons (Fsp3) is 0.167. The van der Waals surface area contributed by atoms with Crippen molar-refractivity contribution in [3.63, 3.8) is 0 Å². The van der Waals surface area contributed by atoms with Crippen LogP contribution in [0.15, 0.2) is 41.3 Å². The molecule has 0 aromatic carbocycles. The van der Waals surface area contributed by atoms with Crippen molar-refractivity contribution < 1.29 is 13.9 Å². The number of carbonyl (C=O) groups excluding carboxylic acids is 1. The number of nitrogens with zero attached hydrogens (tertiary/aromatic N) is 1. The van der Waals surface area contributed by atoms with Crippen molar-refractivity contribution in [2.75, 3.05) is 7.11 Å². The third kappa shape index (κ3) is 2.28. The van der Waals surface area contributed by atoms with Gasteiger partial charge in [0.25, 0.3) is 0 Å². The van der Waals surface area contributed by atoms with Crippen molar-refractivity contribution in [1.29, 1.82) is 0 Å². The Balaban J connectivity index is 2.06. The predicted octanol–water partition coefficient (Wildman–Crippen LogP) is 2.11. The van der Waals surface area contributed by atoms with Gasteiger partial charge in [-0.2, -0.15) is 0 Å². The summed E-state index contributed by atoms with van der Waals surface area (Å²) in [6.07, 6.45) is 4.88. The summed E-state index contributed by atoms with van der Waals surface area (Å²) in [4.78, 5) is 15.7. The third-order valence-corrected chi connectivity index (χ3v) is 2.21. The van der Waals surface area contributed by atoms with E-state index >= 15 is 0 Å². The lowest BCUT2D eigenvalue weighted by molar-refractivity contribution is 0.0992. The van der Waals surface area contributed by atoms with Gasteiger partial charge in [0.2, 0.25) is 5.88 Å². The first-order chi connectivity index (χ1) is 7.79. The molecule has 0 radical (unpaired) electrons. The van der Waals surface area contributed by atoms with Crippen LogP contribution in [0.4, 0.5) is 0 Å². The number of aromatic nitrogens is 1. The third-order valence-electron chi connectivity index (χ3n) is 2.21. The summed E-state index contributed by atoms with van der Waals surface area (Å²) in [6, 6.07) is 5.21. The van der Waals surface area contributed by atoms with Crippen LogP contribution >= 0.6 is 0 Å². The number of ether oxygens (including phenoxy) is 1. The molecule has 0 unspecified atom stereocenters. The molecule has 4 nitrogen and oxygen atoms in total. The Morgan fingerprint density at radius 2 is 2.31 bits per heavy atom. The van der Waals surface area contributed by atoms with Gasteiger partial charge in [-0.05, 0) is 11.6 Å². The maximum absolute atomic E-state index is 11.7. The van der Waals surface area contributed by atoms with Crippen LogP contribution in [-0.4, -0.2) is 17.9 Å². The van der Waals surface area contributed by atoms with Crippen LogP contribution in [0.1, 0.15) is 15.9 Å². The van der Waals surface area contributed by atoms with Crippen molar-refractivity contribution in [3.05, 3.63) is 48.0 Å². The first-order valence-corrected chi connectivity index (χ1v) is 4.84. The molecule has 0 bridgehead atoms. The van der Waals surface area contributed by atoms with Crippen molar-refractivity contribution >= 4 is 5.78 Å². The summed E-state index contributed by atoms with van der Waals surface area (Å²) in [5, 5.41) is 0. The quantitative estimate of drug-likeness (QED) is 0.736. The van der Waals surface area contributed by atoms with E-state index in [1.165, 1.54) is 12.5 Å². The summed E-state index contributed by atoms with van der Waals surface area (Å²) in [5.41, 5.74) is 1.43. The van der Waals surface area contributed by atoms with Crippen LogP contribution in [0.25, 0.3) is 0 Å². The van der Waals surface area contributed by atoms with Gasteiger partial charge in [-0.25, -0.2) is 4.98 Å². The Morgan fingerprint density at radius 3 is 2.88 bits per heavy atom. The lowest BCUT2D eigenvalue weighted by Gasteiger charge is -2.00. The van der Waals surface area contributed by atoms with Crippen molar-refractivity contribution in [2.45, 2.75) is 6.42 Å². The highest BCUT2D eigenvalue weighted by molar-refractivity contribution is 5.97. The SMILES string of the molecule is COc1ccc(CC(=O)c2ccoc2)cn1. The molecule has 0 amide bonds. The van der Waals surface area contributed by atoms with E-state index in [2.05, 4.69) is 4.98 Å². The summed E-state index contributed by atoms with van der Waals surface area (Å²) >= 11 is 0. The minimum atomic E-state index is 0.0146. The van der Waals surface area contributed by atoms with E-state index in [4.69, 9.17) is 9.15 Å². The normalized spacial score (nSPS) is 10.1. The van der Waals surface area contributed by atoms with Crippen LogP contribution in [0, 0.1) is 0 Å². The number of pyridine rings is 1. The Morgan fingerprint density at radius 1 is 1.44 bits per heavy atom. The fourth-order valence-electron chi connectivity index (χ4n) is 1.35. The molecular weight excluding hydrogens is 206 g/mol. The average molecular weight is 217 g/mol. The topological polar surface area (TPSA) is 52.3 Å². The molecular formula is C12H11NO3. The van der Waals surface area contributed by atoms with Crippen LogP contribution < -0.4 is 4.74 Å². The van der Waals surface area contributed by atoms with E-state index in [0.717, 1.165) is 5.56 Å². The van der Waals surface area contributed by atoms with Crippen LogP contribution in [0.2, 0.25) is 0 Å². The van der Waals surface area contributed by atoms with Gasteiger partial charge in [0.05, 0.1) is 18.9 Å². The molecule has 0 fully saturated rings. The van der Waals surface area contributed by atoms with E-state index < -0.39 is 0 Å². The van der Waals surface area contributed by atoms with Gasteiger partial charge in [0, 0.05) is 18.7 Å². The second-order valence-electron chi connectivity index (χ2n) is 3.32. The monoisotopic (exact) mass is 217 g/mol. The molecule has 0 spiro atoms. The van der Waals surface area contributed by atoms with Gasteiger partial charge in [-0.15, -0.1) is 0 Å². The fourth-order valence-corrected chi connectivity index (χ4v) is 1.35. The largest absolute Gasteiger partial charge is 0.481 e. The standard InChI is InChI=1S/C12H11NO3/c1-15-12-3-2-9(7-13-12)6-11(14)10-4-5-16-8-10/h2-5,7-8H,6H2,1H3. The molecule has 0 aliphatic carbocycles. The van der Waals surface area contributed by atoms with E-state index in [9.17, 15) is 4.79 Å². The highest BCUT2D eigenvalue weighted by atomic mass is 16.5. The average Bonchev–Trinajstić information content (AvgIpc) is 2.83. The van der Waals surface area contributed by atoms with Crippen LogP contribution in [-0.2, 0) is 6.42 Å². The lowest BCUT2D eigenvalue weighted by atomic mass is 10.1. The molecule has 4 heteroatoms. The molecule has 0 saturated heterocycles. The number of carbonyl (C=O) groups is 1. The Hall–Kier alpha value is -2.10. The van der Waals surface area contributed by atoms with Gasteiger partial charge in [0.1, 0.15) is 6.26 Å². The van der Waals surface area contributed by atoms with Crippen LogP contribution in [0.5, 0.6) is 5.88 Å². The van der Waals surface area contributed by atoms with Crippen molar-refractivity contribution in [2.24, 2.45) is 0 Å². The van der Waals surface area contributed by atoms with E-state index in [1.807, 2.05) is 6.07 Å². The molecule has 0 aliphatic rings. The summed E-state index contributed by atoms with van der Waals surface area (Å²) in [5.74, 6) is 0.556. The second-order valence-corrected chi connectivity index (χ2v) is 3.32. The molecule has 16 heavy (non-hydrogen) atoms. The zero-order valence-corrected chi connectivity index (χ0v) is 8.84. The number of furan rings is 1. The van der Waals surface area contributed by atoms with Gasteiger partial charge in [0.15, 0.2) is 5.78 Å². The predicted molar refractivity (Wildman–Crippen MR) is 57.5 cm³/mol. The maximum Gasteiger partial charge on any atom is 0.212 e. The molecule has 0 N–H and O–H groups in total. The Kier molecular flexibility index (Phi) is 3.00. The molecule has 0 atom stereocenters. The molecule has 2 rings (SSSR count). The zero-order valence-electron chi connectivity index (χ0n) is 8.84.